The summed E-state index contributed by atoms with van der Waals surface area (Å²) in [7, 11) is 1.49. The van der Waals surface area contributed by atoms with Crippen molar-refractivity contribution in [2.75, 3.05) is 12.4 Å². The van der Waals surface area contributed by atoms with Crippen molar-refractivity contribution in [3.8, 4) is 5.75 Å². The maximum atomic E-state index is 12.2. The lowest BCUT2D eigenvalue weighted by Gasteiger charge is -2.15. The number of thiophene rings is 1. The van der Waals surface area contributed by atoms with E-state index in [1.807, 2.05) is 17.5 Å². The van der Waals surface area contributed by atoms with Crippen LogP contribution in [0, 0.1) is 0 Å². The van der Waals surface area contributed by atoms with Crippen molar-refractivity contribution in [2.24, 2.45) is 0 Å². The Bertz CT molecular complexity index is 703. The molecule has 0 spiro atoms. The molecular weight excluding hydrogens is 350 g/mol. The second kappa shape index (κ2) is 8.70. The molecule has 0 aliphatic carbocycles. The highest BCUT2D eigenvalue weighted by atomic mass is 35.5. The fraction of sp³-hybridized carbons (Fsp3) is 0.294. The van der Waals surface area contributed by atoms with Crippen LogP contribution in [0.4, 0.5) is 5.69 Å². The van der Waals surface area contributed by atoms with Gasteiger partial charge in [0.1, 0.15) is 5.75 Å². The predicted molar refractivity (Wildman–Crippen MR) is 94.8 cm³/mol. The Hall–Kier alpha value is -2.05. The van der Waals surface area contributed by atoms with Crippen molar-refractivity contribution in [1.82, 2.24) is 0 Å². The molecule has 0 bridgehead atoms. The summed E-state index contributed by atoms with van der Waals surface area (Å²) in [5.74, 6) is -0.381. The van der Waals surface area contributed by atoms with E-state index >= 15 is 0 Å². The smallest absolute Gasteiger partial charge is 0.306 e. The van der Waals surface area contributed by atoms with Crippen LogP contribution in [0.3, 0.4) is 0 Å². The van der Waals surface area contributed by atoms with Crippen molar-refractivity contribution < 1.29 is 19.1 Å². The number of hydrogen-bond donors (Lipinski definition) is 1. The first-order valence-electron chi connectivity index (χ1n) is 7.36. The topological polar surface area (TPSA) is 64.6 Å². The molecule has 1 amide bonds. The summed E-state index contributed by atoms with van der Waals surface area (Å²) in [5.41, 5.74) is 0.427. The zero-order valence-corrected chi connectivity index (χ0v) is 14.9. The summed E-state index contributed by atoms with van der Waals surface area (Å²) in [6, 6.07) is 8.77. The van der Waals surface area contributed by atoms with Crippen LogP contribution in [0.15, 0.2) is 35.7 Å². The number of nitrogens with one attached hydrogen (secondary N) is 1. The third-order valence-corrected chi connectivity index (χ3v) is 4.42. The molecule has 128 valence electrons. The zero-order chi connectivity index (χ0) is 17.5. The monoisotopic (exact) mass is 367 g/mol. The van der Waals surface area contributed by atoms with Gasteiger partial charge in [0.25, 0.3) is 5.91 Å². The van der Waals surface area contributed by atoms with Gasteiger partial charge >= 0.3 is 5.97 Å². The number of halogens is 1. The summed E-state index contributed by atoms with van der Waals surface area (Å²) in [6.07, 6.45) is -0.0736. The van der Waals surface area contributed by atoms with Crippen LogP contribution in [0.5, 0.6) is 5.75 Å². The summed E-state index contributed by atoms with van der Waals surface area (Å²) >= 11 is 7.50. The molecule has 1 N–H and O–H groups in total. The minimum absolute atomic E-state index is 0.235. The van der Waals surface area contributed by atoms with Gasteiger partial charge in [0, 0.05) is 9.90 Å². The molecule has 2 rings (SSSR count). The van der Waals surface area contributed by atoms with Crippen LogP contribution in [0.1, 0.15) is 18.2 Å². The summed E-state index contributed by atoms with van der Waals surface area (Å²) in [5, 5.41) is 5.07. The van der Waals surface area contributed by atoms with Gasteiger partial charge in [0.15, 0.2) is 6.10 Å². The lowest BCUT2D eigenvalue weighted by Crippen LogP contribution is -2.30. The first kappa shape index (κ1) is 18.3. The number of rotatable bonds is 7. The number of benzene rings is 1. The SMILES string of the molecule is COc1ccc(Cl)cc1NC(=O)[C@H](C)OC(=O)CCc1cccs1. The first-order valence-corrected chi connectivity index (χ1v) is 8.61. The van der Waals surface area contributed by atoms with Gasteiger partial charge in [-0.05, 0) is 43.0 Å². The molecule has 7 heteroatoms. The quantitative estimate of drug-likeness (QED) is 0.753. The van der Waals surface area contributed by atoms with Crippen LogP contribution >= 0.6 is 22.9 Å². The second-order valence-electron chi connectivity index (χ2n) is 5.05. The van der Waals surface area contributed by atoms with E-state index in [0.29, 0.717) is 22.9 Å². The van der Waals surface area contributed by atoms with Crippen molar-refractivity contribution in [2.45, 2.75) is 25.9 Å². The average Bonchev–Trinajstić information content (AvgIpc) is 3.06. The van der Waals surface area contributed by atoms with Gasteiger partial charge < -0.3 is 14.8 Å². The van der Waals surface area contributed by atoms with E-state index in [-0.39, 0.29) is 6.42 Å². The highest BCUT2D eigenvalue weighted by Gasteiger charge is 2.19. The third-order valence-electron chi connectivity index (χ3n) is 3.25. The molecular formula is C17H18ClNO4S. The summed E-state index contributed by atoms with van der Waals surface area (Å²) < 4.78 is 10.3. The van der Waals surface area contributed by atoms with Crippen molar-refractivity contribution in [1.29, 1.82) is 0 Å². The highest BCUT2D eigenvalue weighted by Crippen LogP contribution is 2.27. The second-order valence-corrected chi connectivity index (χ2v) is 6.51. The van der Waals surface area contributed by atoms with Crippen LogP contribution in [-0.2, 0) is 20.7 Å². The van der Waals surface area contributed by atoms with Crippen LogP contribution < -0.4 is 10.1 Å². The molecule has 5 nitrogen and oxygen atoms in total. The van der Waals surface area contributed by atoms with E-state index in [0.717, 1.165) is 4.88 Å². The number of ether oxygens (including phenoxy) is 2. The maximum absolute atomic E-state index is 12.2. The largest absolute Gasteiger partial charge is 0.495 e. The minimum atomic E-state index is -0.912. The molecule has 1 heterocycles. The standard InChI is InChI=1S/C17H18ClNO4S/c1-11(23-16(20)8-6-13-4-3-9-24-13)17(21)19-14-10-12(18)5-7-15(14)22-2/h3-5,7,9-11H,6,8H2,1-2H3,(H,19,21)/t11-/m0/s1. The van der Waals surface area contributed by atoms with E-state index < -0.39 is 18.0 Å². The molecule has 0 saturated heterocycles. The molecule has 0 fully saturated rings. The molecule has 1 atom stereocenters. The Morgan fingerprint density at radius 2 is 2.12 bits per heavy atom. The number of aryl methyl sites for hydroxylation is 1. The first-order chi connectivity index (χ1) is 11.5. The van der Waals surface area contributed by atoms with Gasteiger partial charge in [-0.2, -0.15) is 0 Å². The Morgan fingerprint density at radius 3 is 2.79 bits per heavy atom. The predicted octanol–water partition coefficient (Wildman–Crippen LogP) is 3.91. The lowest BCUT2D eigenvalue weighted by molar-refractivity contribution is -0.153. The van der Waals surface area contributed by atoms with E-state index in [9.17, 15) is 9.59 Å². The minimum Gasteiger partial charge on any atom is -0.495 e. The molecule has 0 unspecified atom stereocenters. The Morgan fingerprint density at radius 1 is 1.33 bits per heavy atom. The van der Waals surface area contributed by atoms with Crippen molar-refractivity contribution in [3.05, 3.63) is 45.6 Å². The molecule has 24 heavy (non-hydrogen) atoms. The molecule has 0 saturated carbocycles. The molecule has 0 radical (unpaired) electrons. The molecule has 1 aromatic carbocycles. The highest BCUT2D eigenvalue weighted by molar-refractivity contribution is 7.09. The molecule has 1 aromatic heterocycles. The number of carbonyl (C=O) groups excluding carboxylic acids is 2. The Balaban J connectivity index is 1.87. The number of amides is 1. The number of esters is 1. The fourth-order valence-corrected chi connectivity index (χ4v) is 2.88. The fourth-order valence-electron chi connectivity index (χ4n) is 2.00. The number of hydrogen-bond acceptors (Lipinski definition) is 5. The maximum Gasteiger partial charge on any atom is 0.306 e. The Labute approximate surface area is 149 Å². The van der Waals surface area contributed by atoms with E-state index in [1.54, 1.807) is 29.5 Å². The van der Waals surface area contributed by atoms with E-state index in [4.69, 9.17) is 21.1 Å². The van der Waals surface area contributed by atoms with Crippen LogP contribution in [0.25, 0.3) is 0 Å². The molecule has 0 aliphatic rings. The van der Waals surface area contributed by atoms with E-state index in [1.165, 1.54) is 14.0 Å². The van der Waals surface area contributed by atoms with Crippen molar-refractivity contribution >= 4 is 40.5 Å². The normalized spacial score (nSPS) is 11.6. The summed E-state index contributed by atoms with van der Waals surface area (Å²) in [6.45, 7) is 1.52. The van der Waals surface area contributed by atoms with Gasteiger partial charge in [0.2, 0.25) is 0 Å². The number of carbonyl (C=O) groups is 2. The molecule has 2 aromatic rings. The number of anilines is 1. The zero-order valence-electron chi connectivity index (χ0n) is 13.4. The third kappa shape index (κ3) is 5.25. The number of methoxy groups -OCH3 is 1. The van der Waals surface area contributed by atoms with Gasteiger partial charge in [-0.25, -0.2) is 0 Å². The lowest BCUT2D eigenvalue weighted by atomic mass is 10.2. The summed E-state index contributed by atoms with van der Waals surface area (Å²) in [4.78, 5) is 25.1. The van der Waals surface area contributed by atoms with Crippen LogP contribution in [-0.4, -0.2) is 25.1 Å². The van der Waals surface area contributed by atoms with Gasteiger partial charge in [-0.1, -0.05) is 17.7 Å². The molecule has 0 aliphatic heterocycles. The van der Waals surface area contributed by atoms with Gasteiger partial charge in [-0.15, -0.1) is 11.3 Å². The van der Waals surface area contributed by atoms with Crippen LogP contribution in [0.2, 0.25) is 5.02 Å². The average molecular weight is 368 g/mol. The Kier molecular flexibility index (Phi) is 6.63. The van der Waals surface area contributed by atoms with Gasteiger partial charge in [0.05, 0.1) is 19.2 Å². The van der Waals surface area contributed by atoms with E-state index in [2.05, 4.69) is 5.32 Å². The van der Waals surface area contributed by atoms with Gasteiger partial charge in [-0.3, -0.25) is 9.59 Å². The van der Waals surface area contributed by atoms with Crippen molar-refractivity contribution in [3.63, 3.8) is 0 Å².